The van der Waals surface area contributed by atoms with E-state index >= 15 is 0 Å². The van der Waals surface area contributed by atoms with E-state index in [4.69, 9.17) is 4.74 Å². The van der Waals surface area contributed by atoms with Crippen molar-refractivity contribution in [3.05, 3.63) is 28.3 Å². The van der Waals surface area contributed by atoms with Crippen LogP contribution in [0.4, 0.5) is 11.4 Å². The van der Waals surface area contributed by atoms with Crippen molar-refractivity contribution in [1.82, 2.24) is 0 Å². The standard InChI is InChI=1S/C15H22N2O4/c1-2-21-14-8-5-7-13(15(14)17(19)20)16-10-4-3-6-12(16)9-11-18/h5,7-8,12,18H,2-4,6,9-11H2,1H3. The van der Waals surface area contributed by atoms with Crippen molar-refractivity contribution in [1.29, 1.82) is 0 Å². The van der Waals surface area contributed by atoms with Crippen LogP contribution < -0.4 is 9.64 Å². The summed E-state index contributed by atoms with van der Waals surface area (Å²) in [7, 11) is 0. The zero-order valence-corrected chi connectivity index (χ0v) is 12.3. The maximum absolute atomic E-state index is 11.5. The third-order valence-corrected chi connectivity index (χ3v) is 3.86. The maximum Gasteiger partial charge on any atom is 0.333 e. The van der Waals surface area contributed by atoms with Crippen LogP contribution in [0.5, 0.6) is 5.75 Å². The van der Waals surface area contributed by atoms with E-state index in [1.165, 1.54) is 0 Å². The van der Waals surface area contributed by atoms with Crippen LogP contribution in [0.3, 0.4) is 0 Å². The molecule has 1 aromatic rings. The molecule has 6 nitrogen and oxygen atoms in total. The summed E-state index contributed by atoms with van der Waals surface area (Å²) in [4.78, 5) is 13.2. The average Bonchev–Trinajstić information content (AvgIpc) is 2.48. The number of para-hydroxylation sites is 1. The number of anilines is 1. The quantitative estimate of drug-likeness (QED) is 0.645. The Kier molecular flexibility index (Phi) is 5.38. The van der Waals surface area contributed by atoms with Crippen molar-refractivity contribution in [2.75, 3.05) is 24.7 Å². The summed E-state index contributed by atoms with van der Waals surface area (Å²) in [6, 6.07) is 5.35. The Balaban J connectivity index is 2.40. The Morgan fingerprint density at radius 3 is 2.95 bits per heavy atom. The minimum atomic E-state index is -0.370. The molecule has 0 radical (unpaired) electrons. The van der Waals surface area contributed by atoms with Crippen molar-refractivity contribution in [3.8, 4) is 5.75 Å². The zero-order chi connectivity index (χ0) is 15.2. The van der Waals surface area contributed by atoms with Crippen molar-refractivity contribution in [2.45, 2.75) is 38.6 Å². The topological polar surface area (TPSA) is 75.8 Å². The lowest BCUT2D eigenvalue weighted by atomic mass is 9.98. The van der Waals surface area contributed by atoms with Gasteiger partial charge in [0.25, 0.3) is 0 Å². The van der Waals surface area contributed by atoms with Crippen LogP contribution in [0.1, 0.15) is 32.6 Å². The number of piperidine rings is 1. The van der Waals surface area contributed by atoms with E-state index in [1.807, 2.05) is 6.92 Å². The number of rotatable bonds is 6. The SMILES string of the molecule is CCOc1cccc(N2CCCCC2CCO)c1[N+](=O)[O-]. The van der Waals surface area contributed by atoms with Crippen LogP contribution in [-0.2, 0) is 0 Å². The Morgan fingerprint density at radius 1 is 1.48 bits per heavy atom. The minimum Gasteiger partial charge on any atom is -0.487 e. The van der Waals surface area contributed by atoms with Gasteiger partial charge in [0.1, 0.15) is 5.69 Å². The van der Waals surface area contributed by atoms with E-state index in [0.717, 1.165) is 25.8 Å². The molecule has 2 rings (SSSR count). The highest BCUT2D eigenvalue weighted by Crippen LogP contribution is 2.40. The number of nitrogens with zero attached hydrogens (tertiary/aromatic N) is 2. The van der Waals surface area contributed by atoms with Gasteiger partial charge in [0.2, 0.25) is 0 Å². The molecule has 21 heavy (non-hydrogen) atoms. The Labute approximate surface area is 124 Å². The molecule has 1 unspecified atom stereocenters. The van der Waals surface area contributed by atoms with Gasteiger partial charge in [-0.2, -0.15) is 0 Å². The Morgan fingerprint density at radius 2 is 2.29 bits per heavy atom. The van der Waals surface area contributed by atoms with Gasteiger partial charge in [0.15, 0.2) is 5.75 Å². The third kappa shape index (κ3) is 3.44. The molecule has 0 spiro atoms. The highest BCUT2D eigenvalue weighted by atomic mass is 16.6. The van der Waals surface area contributed by atoms with Gasteiger partial charge >= 0.3 is 5.69 Å². The summed E-state index contributed by atoms with van der Waals surface area (Å²) < 4.78 is 5.41. The molecule has 0 aliphatic carbocycles. The van der Waals surface area contributed by atoms with E-state index in [9.17, 15) is 15.2 Å². The predicted molar refractivity (Wildman–Crippen MR) is 81.0 cm³/mol. The lowest BCUT2D eigenvalue weighted by Crippen LogP contribution is -2.40. The van der Waals surface area contributed by atoms with Crippen molar-refractivity contribution in [2.24, 2.45) is 0 Å². The molecule has 1 saturated heterocycles. The largest absolute Gasteiger partial charge is 0.487 e. The summed E-state index contributed by atoms with van der Waals surface area (Å²) in [5, 5.41) is 20.7. The van der Waals surface area contributed by atoms with Gasteiger partial charge in [-0.3, -0.25) is 10.1 Å². The number of hydrogen-bond donors (Lipinski definition) is 1. The highest BCUT2D eigenvalue weighted by molar-refractivity contribution is 5.70. The van der Waals surface area contributed by atoms with Crippen LogP contribution in [0.2, 0.25) is 0 Å². The Bertz CT molecular complexity index is 491. The summed E-state index contributed by atoms with van der Waals surface area (Å²) in [5.74, 6) is 0.313. The first-order valence-corrected chi connectivity index (χ1v) is 7.46. The minimum absolute atomic E-state index is 0.0317. The van der Waals surface area contributed by atoms with Gasteiger partial charge in [-0.25, -0.2) is 0 Å². The van der Waals surface area contributed by atoms with E-state index in [-0.39, 0.29) is 23.3 Å². The van der Waals surface area contributed by atoms with E-state index in [2.05, 4.69) is 4.90 Å². The molecule has 0 bridgehead atoms. The van der Waals surface area contributed by atoms with Gasteiger partial charge in [0.05, 0.1) is 11.5 Å². The Hall–Kier alpha value is -1.82. The van der Waals surface area contributed by atoms with Gasteiger partial charge in [-0.1, -0.05) is 6.07 Å². The number of aliphatic hydroxyl groups is 1. The highest BCUT2D eigenvalue weighted by Gasteiger charge is 2.30. The van der Waals surface area contributed by atoms with E-state index < -0.39 is 0 Å². The van der Waals surface area contributed by atoms with Crippen LogP contribution in [0.25, 0.3) is 0 Å². The van der Waals surface area contributed by atoms with Gasteiger partial charge < -0.3 is 14.7 Å². The molecule has 116 valence electrons. The van der Waals surface area contributed by atoms with Crippen LogP contribution in [0.15, 0.2) is 18.2 Å². The van der Waals surface area contributed by atoms with Gasteiger partial charge in [0, 0.05) is 19.2 Å². The lowest BCUT2D eigenvalue weighted by molar-refractivity contribution is -0.385. The van der Waals surface area contributed by atoms with Gasteiger partial charge in [-0.15, -0.1) is 0 Å². The fourth-order valence-corrected chi connectivity index (χ4v) is 2.96. The number of hydrogen-bond acceptors (Lipinski definition) is 5. The summed E-state index contributed by atoms with van der Waals surface area (Å²) >= 11 is 0. The lowest BCUT2D eigenvalue weighted by Gasteiger charge is -2.37. The second-order valence-corrected chi connectivity index (χ2v) is 5.17. The monoisotopic (exact) mass is 294 g/mol. The number of ether oxygens (including phenoxy) is 1. The summed E-state index contributed by atoms with van der Waals surface area (Å²) in [6.45, 7) is 3.08. The normalized spacial score (nSPS) is 18.6. The van der Waals surface area contributed by atoms with Crippen LogP contribution >= 0.6 is 0 Å². The van der Waals surface area contributed by atoms with E-state index in [0.29, 0.717) is 24.5 Å². The first kappa shape index (κ1) is 15.6. The number of nitro benzene ring substituents is 1. The molecule has 1 aliphatic heterocycles. The molecular weight excluding hydrogens is 272 g/mol. The number of nitro groups is 1. The summed E-state index contributed by atoms with van der Waals surface area (Å²) in [5.41, 5.74) is 0.633. The van der Waals surface area contributed by atoms with Crippen molar-refractivity contribution in [3.63, 3.8) is 0 Å². The first-order valence-electron chi connectivity index (χ1n) is 7.46. The maximum atomic E-state index is 11.5. The van der Waals surface area contributed by atoms with Crippen LogP contribution in [0, 0.1) is 10.1 Å². The van der Waals surface area contributed by atoms with Crippen LogP contribution in [-0.4, -0.2) is 35.8 Å². The fourth-order valence-electron chi connectivity index (χ4n) is 2.96. The molecule has 1 atom stereocenters. The van der Waals surface area contributed by atoms with E-state index in [1.54, 1.807) is 18.2 Å². The molecule has 1 N–H and O–H groups in total. The zero-order valence-electron chi connectivity index (χ0n) is 12.3. The smallest absolute Gasteiger partial charge is 0.333 e. The average molecular weight is 294 g/mol. The molecular formula is C15H22N2O4. The molecule has 0 aromatic heterocycles. The molecule has 1 fully saturated rings. The molecule has 0 saturated carbocycles. The van der Waals surface area contributed by atoms with Gasteiger partial charge in [-0.05, 0) is 44.7 Å². The third-order valence-electron chi connectivity index (χ3n) is 3.86. The molecule has 1 aromatic carbocycles. The first-order chi connectivity index (χ1) is 10.2. The molecule has 1 heterocycles. The number of benzene rings is 1. The molecule has 0 amide bonds. The summed E-state index contributed by atoms with van der Waals surface area (Å²) in [6.07, 6.45) is 3.70. The second kappa shape index (κ2) is 7.26. The van der Waals surface area contributed by atoms with Crippen molar-refractivity contribution < 1.29 is 14.8 Å². The number of aliphatic hydroxyl groups excluding tert-OH is 1. The second-order valence-electron chi connectivity index (χ2n) is 5.17. The predicted octanol–water partition coefficient (Wildman–Crippen LogP) is 2.73. The molecule has 1 aliphatic rings. The fraction of sp³-hybridized carbons (Fsp3) is 0.600. The molecule has 6 heteroatoms. The van der Waals surface area contributed by atoms with Crippen molar-refractivity contribution >= 4 is 11.4 Å².